The average molecular weight is 384 g/mol. The third kappa shape index (κ3) is 4.65. The van der Waals surface area contributed by atoms with E-state index in [4.69, 9.17) is 16.3 Å². The van der Waals surface area contributed by atoms with Crippen molar-refractivity contribution < 1.29 is 17.9 Å². The van der Waals surface area contributed by atoms with Gasteiger partial charge in [0.15, 0.2) is 4.91 Å². The fourth-order valence-corrected chi connectivity index (χ4v) is 3.60. The second-order valence-electron chi connectivity index (χ2n) is 5.28. The lowest BCUT2D eigenvalue weighted by atomic mass is 10.3. The predicted molar refractivity (Wildman–Crippen MR) is 92.5 cm³/mol. The van der Waals surface area contributed by atoms with Crippen molar-refractivity contribution in [3.05, 3.63) is 40.4 Å². The van der Waals surface area contributed by atoms with Crippen LogP contribution in [0.3, 0.4) is 0 Å². The van der Waals surface area contributed by atoms with Crippen LogP contribution in [0.2, 0.25) is 5.02 Å². The summed E-state index contributed by atoms with van der Waals surface area (Å²) in [5, 5.41) is 9.70. The molecule has 1 fully saturated rings. The summed E-state index contributed by atoms with van der Waals surface area (Å²) in [6.07, 6.45) is 0.937. The standard InChI is InChI=1S/C16H18ClN3O4S/c1-2-24-16(21)20-9-7-19(8-10-20)12-15(11-18)25(22,23)14-5-3-13(17)4-6-14/h3-6,12H,2,7-10H2,1H3/b15-12+. The van der Waals surface area contributed by atoms with E-state index in [1.807, 2.05) is 0 Å². The van der Waals surface area contributed by atoms with E-state index in [9.17, 15) is 18.5 Å². The number of hydrogen-bond acceptors (Lipinski definition) is 6. The highest BCUT2D eigenvalue weighted by Crippen LogP contribution is 2.21. The number of nitrogens with zero attached hydrogens (tertiary/aromatic N) is 3. The molecule has 0 aliphatic carbocycles. The maximum Gasteiger partial charge on any atom is 0.409 e. The summed E-state index contributed by atoms with van der Waals surface area (Å²) in [7, 11) is -3.91. The first-order valence-corrected chi connectivity index (χ1v) is 9.53. The normalized spacial score (nSPS) is 15.6. The zero-order valence-electron chi connectivity index (χ0n) is 13.7. The minimum atomic E-state index is -3.91. The largest absolute Gasteiger partial charge is 0.450 e. The highest BCUT2D eigenvalue weighted by molar-refractivity contribution is 7.95. The Labute approximate surface area is 152 Å². The van der Waals surface area contributed by atoms with Crippen molar-refractivity contribution in [2.75, 3.05) is 32.8 Å². The second-order valence-corrected chi connectivity index (χ2v) is 7.64. The summed E-state index contributed by atoms with van der Waals surface area (Å²) in [6.45, 7) is 3.67. The monoisotopic (exact) mass is 383 g/mol. The zero-order valence-corrected chi connectivity index (χ0v) is 15.3. The van der Waals surface area contributed by atoms with E-state index in [0.717, 1.165) is 0 Å². The van der Waals surface area contributed by atoms with Crippen molar-refractivity contribution >= 4 is 27.5 Å². The molecule has 1 aliphatic heterocycles. The number of amides is 1. The predicted octanol–water partition coefficient (Wildman–Crippen LogP) is 2.25. The van der Waals surface area contributed by atoms with E-state index in [2.05, 4.69) is 0 Å². The fourth-order valence-electron chi connectivity index (χ4n) is 2.31. The van der Waals surface area contributed by atoms with Crippen LogP contribution >= 0.6 is 11.6 Å². The van der Waals surface area contributed by atoms with Crippen LogP contribution < -0.4 is 0 Å². The van der Waals surface area contributed by atoms with Gasteiger partial charge in [-0.1, -0.05) is 11.6 Å². The average Bonchev–Trinajstić information content (AvgIpc) is 2.60. The molecule has 1 saturated heterocycles. The second kappa shape index (κ2) is 8.23. The summed E-state index contributed by atoms with van der Waals surface area (Å²) >= 11 is 5.77. The number of piperazine rings is 1. The molecule has 1 amide bonds. The third-order valence-corrected chi connectivity index (χ3v) is 5.58. The van der Waals surface area contributed by atoms with Crippen LogP contribution in [0.4, 0.5) is 4.79 Å². The van der Waals surface area contributed by atoms with Crippen LogP contribution in [0.15, 0.2) is 40.3 Å². The minimum absolute atomic E-state index is 0.00913. The molecule has 2 rings (SSSR count). The highest BCUT2D eigenvalue weighted by Gasteiger charge is 2.25. The van der Waals surface area contributed by atoms with Gasteiger partial charge in [-0.25, -0.2) is 13.2 Å². The van der Waals surface area contributed by atoms with Gasteiger partial charge >= 0.3 is 6.09 Å². The van der Waals surface area contributed by atoms with Crippen LogP contribution in [-0.2, 0) is 14.6 Å². The van der Waals surface area contributed by atoms with E-state index in [0.29, 0.717) is 37.8 Å². The lowest BCUT2D eigenvalue weighted by molar-refractivity contribution is 0.0890. The number of carbonyl (C=O) groups excluding carboxylic acids is 1. The first kappa shape index (κ1) is 19.1. The molecule has 0 radical (unpaired) electrons. The van der Waals surface area contributed by atoms with E-state index < -0.39 is 9.84 Å². The first-order valence-electron chi connectivity index (χ1n) is 7.66. The Morgan fingerprint density at radius 1 is 1.28 bits per heavy atom. The molecule has 0 unspecified atom stereocenters. The number of hydrogen-bond donors (Lipinski definition) is 0. The molecule has 0 aromatic heterocycles. The van der Waals surface area contributed by atoms with E-state index >= 15 is 0 Å². The molecular weight excluding hydrogens is 366 g/mol. The van der Waals surface area contributed by atoms with E-state index in [1.165, 1.54) is 30.5 Å². The quantitative estimate of drug-likeness (QED) is 0.740. The van der Waals surface area contributed by atoms with Crippen molar-refractivity contribution in [1.29, 1.82) is 5.26 Å². The number of allylic oxidation sites excluding steroid dienone is 1. The molecule has 134 valence electrons. The summed E-state index contributed by atoms with van der Waals surface area (Å²) in [4.78, 5) is 14.6. The number of halogens is 1. The lowest BCUT2D eigenvalue weighted by Crippen LogP contribution is -2.47. The highest BCUT2D eigenvalue weighted by atomic mass is 35.5. The summed E-state index contributed by atoms with van der Waals surface area (Å²) in [5.41, 5.74) is 0. The molecule has 0 N–H and O–H groups in total. The van der Waals surface area contributed by atoms with Gasteiger partial charge in [0.05, 0.1) is 11.5 Å². The van der Waals surface area contributed by atoms with Gasteiger partial charge in [-0.05, 0) is 31.2 Å². The zero-order chi connectivity index (χ0) is 18.4. The Morgan fingerprint density at radius 2 is 1.88 bits per heavy atom. The summed E-state index contributed by atoms with van der Waals surface area (Å²) in [5.74, 6) is 0. The molecular formula is C16H18ClN3O4S. The molecule has 1 aliphatic rings. The van der Waals surface area contributed by atoms with Crippen LogP contribution in [0, 0.1) is 11.3 Å². The maximum atomic E-state index is 12.6. The van der Waals surface area contributed by atoms with Gasteiger partial charge in [0, 0.05) is 37.4 Å². The van der Waals surface area contributed by atoms with Crippen molar-refractivity contribution in [2.45, 2.75) is 11.8 Å². The van der Waals surface area contributed by atoms with Gasteiger partial charge in [0.1, 0.15) is 6.07 Å². The van der Waals surface area contributed by atoms with Gasteiger partial charge in [0.25, 0.3) is 0 Å². The van der Waals surface area contributed by atoms with Crippen molar-refractivity contribution in [3.63, 3.8) is 0 Å². The van der Waals surface area contributed by atoms with Crippen LogP contribution in [0.1, 0.15) is 6.92 Å². The number of carbonyl (C=O) groups is 1. The summed E-state index contributed by atoms with van der Waals surface area (Å²) in [6, 6.07) is 7.40. The third-order valence-electron chi connectivity index (χ3n) is 3.66. The Balaban J connectivity index is 2.12. The molecule has 0 bridgehead atoms. The molecule has 1 heterocycles. The van der Waals surface area contributed by atoms with Gasteiger partial charge in [0.2, 0.25) is 9.84 Å². The number of sulfone groups is 1. The molecule has 0 spiro atoms. The van der Waals surface area contributed by atoms with E-state index in [1.54, 1.807) is 22.8 Å². The minimum Gasteiger partial charge on any atom is -0.450 e. The number of nitriles is 1. The Hall–Kier alpha value is -2.24. The molecule has 1 aromatic rings. The molecule has 25 heavy (non-hydrogen) atoms. The van der Waals surface area contributed by atoms with Crippen molar-refractivity contribution in [2.24, 2.45) is 0 Å². The fraction of sp³-hybridized carbons (Fsp3) is 0.375. The van der Waals surface area contributed by atoms with Crippen LogP contribution in [-0.4, -0.2) is 57.1 Å². The molecule has 0 saturated carbocycles. The molecule has 7 nitrogen and oxygen atoms in total. The van der Waals surface area contributed by atoms with Gasteiger partial charge in [-0.2, -0.15) is 5.26 Å². The number of benzene rings is 1. The summed E-state index contributed by atoms with van der Waals surface area (Å²) < 4.78 is 30.1. The number of rotatable bonds is 4. The lowest BCUT2D eigenvalue weighted by Gasteiger charge is -2.33. The SMILES string of the molecule is CCOC(=O)N1CCN(/C=C(\C#N)S(=O)(=O)c2ccc(Cl)cc2)CC1. The van der Waals surface area contributed by atoms with Crippen molar-refractivity contribution in [1.82, 2.24) is 9.80 Å². The first-order chi connectivity index (χ1) is 11.9. The van der Waals surface area contributed by atoms with Gasteiger partial charge in [-0.3, -0.25) is 0 Å². The topological polar surface area (TPSA) is 90.7 Å². The van der Waals surface area contributed by atoms with Crippen LogP contribution in [0.5, 0.6) is 0 Å². The molecule has 0 atom stereocenters. The number of ether oxygens (including phenoxy) is 1. The van der Waals surface area contributed by atoms with Crippen molar-refractivity contribution in [3.8, 4) is 6.07 Å². The Kier molecular flexibility index (Phi) is 6.28. The smallest absolute Gasteiger partial charge is 0.409 e. The van der Waals surface area contributed by atoms with Gasteiger partial charge in [-0.15, -0.1) is 0 Å². The molecule has 1 aromatic carbocycles. The van der Waals surface area contributed by atoms with Gasteiger partial charge < -0.3 is 14.5 Å². The van der Waals surface area contributed by atoms with E-state index in [-0.39, 0.29) is 15.9 Å². The maximum absolute atomic E-state index is 12.6. The molecule has 9 heteroatoms. The Morgan fingerprint density at radius 3 is 2.40 bits per heavy atom. The van der Waals surface area contributed by atoms with Crippen LogP contribution in [0.25, 0.3) is 0 Å². The Bertz CT molecular complexity index is 792.